The van der Waals surface area contributed by atoms with Gasteiger partial charge in [0, 0.05) is 18.8 Å². The summed E-state index contributed by atoms with van der Waals surface area (Å²) in [6.45, 7) is 6.85. The van der Waals surface area contributed by atoms with E-state index in [1.807, 2.05) is 13.8 Å². The number of halogens is 1. The van der Waals surface area contributed by atoms with Gasteiger partial charge in [0.2, 0.25) is 0 Å². The third-order valence-corrected chi connectivity index (χ3v) is 3.10. The highest BCUT2D eigenvalue weighted by Crippen LogP contribution is 2.19. The number of nitrogens with one attached hydrogen (secondary N) is 2. The fraction of sp³-hybridized carbons (Fsp3) is 0.571. The lowest BCUT2D eigenvalue weighted by Crippen LogP contribution is -2.32. The summed E-state index contributed by atoms with van der Waals surface area (Å²) < 4.78 is 0. The summed E-state index contributed by atoms with van der Waals surface area (Å²) in [5.74, 6) is 0.487. The zero-order valence-corrected chi connectivity index (χ0v) is 12.5. The van der Waals surface area contributed by atoms with Gasteiger partial charge in [-0.3, -0.25) is 4.79 Å². The topological polar surface area (TPSA) is 54.0 Å². The van der Waals surface area contributed by atoms with E-state index in [1.165, 1.54) is 0 Å². The van der Waals surface area contributed by atoms with Gasteiger partial charge in [0.25, 0.3) is 5.91 Å². The predicted molar refractivity (Wildman–Crippen MR) is 79.9 cm³/mol. The van der Waals surface area contributed by atoms with Crippen molar-refractivity contribution in [1.29, 1.82) is 0 Å². The van der Waals surface area contributed by atoms with Crippen molar-refractivity contribution in [3.63, 3.8) is 0 Å². The highest BCUT2D eigenvalue weighted by atomic mass is 35.5. The van der Waals surface area contributed by atoms with E-state index in [0.717, 1.165) is 25.8 Å². The van der Waals surface area contributed by atoms with E-state index in [0.29, 0.717) is 16.4 Å². The molecule has 0 radical (unpaired) electrons. The van der Waals surface area contributed by atoms with Crippen molar-refractivity contribution in [2.75, 3.05) is 11.9 Å². The first-order chi connectivity index (χ1) is 9.08. The van der Waals surface area contributed by atoms with Crippen LogP contribution in [0.4, 0.5) is 5.82 Å². The first-order valence-electron chi connectivity index (χ1n) is 6.78. The third-order valence-electron chi connectivity index (χ3n) is 2.82. The Hall–Kier alpha value is -1.29. The van der Waals surface area contributed by atoms with Crippen molar-refractivity contribution in [3.05, 3.63) is 22.8 Å². The summed E-state index contributed by atoms with van der Waals surface area (Å²) in [6, 6.07) is 1.81. The van der Waals surface area contributed by atoms with Gasteiger partial charge in [-0.05, 0) is 26.3 Å². The normalized spacial score (nSPS) is 12.0. The second kappa shape index (κ2) is 8.00. The van der Waals surface area contributed by atoms with Gasteiger partial charge in [-0.25, -0.2) is 4.98 Å². The maximum Gasteiger partial charge on any atom is 0.253 e. The Labute approximate surface area is 120 Å². The van der Waals surface area contributed by atoms with Crippen LogP contribution in [-0.2, 0) is 0 Å². The number of hydrogen-bond acceptors (Lipinski definition) is 3. The van der Waals surface area contributed by atoms with Gasteiger partial charge in [-0.1, -0.05) is 31.4 Å². The Morgan fingerprint density at radius 1 is 1.47 bits per heavy atom. The molecule has 0 saturated heterocycles. The van der Waals surface area contributed by atoms with Crippen molar-refractivity contribution in [3.8, 4) is 0 Å². The minimum atomic E-state index is -0.124. The molecule has 4 nitrogen and oxygen atoms in total. The number of unbranched alkanes of at least 4 members (excludes halogenated alkanes) is 1. The van der Waals surface area contributed by atoms with Crippen molar-refractivity contribution < 1.29 is 4.79 Å². The molecule has 1 unspecified atom stereocenters. The summed E-state index contributed by atoms with van der Waals surface area (Å²) in [5.41, 5.74) is 0.495. The Balaban J connectivity index is 2.64. The number of hydrogen-bond donors (Lipinski definition) is 2. The van der Waals surface area contributed by atoms with Crippen molar-refractivity contribution in [2.45, 2.75) is 46.1 Å². The first-order valence-corrected chi connectivity index (χ1v) is 7.16. The molecule has 1 atom stereocenters. The van der Waals surface area contributed by atoms with E-state index in [-0.39, 0.29) is 11.9 Å². The second-order valence-corrected chi connectivity index (χ2v) is 5.01. The van der Waals surface area contributed by atoms with Crippen LogP contribution >= 0.6 is 11.6 Å². The lowest BCUT2D eigenvalue weighted by atomic mass is 10.1. The summed E-state index contributed by atoms with van der Waals surface area (Å²) in [4.78, 5) is 16.2. The van der Waals surface area contributed by atoms with Gasteiger partial charge in [0.1, 0.15) is 5.82 Å². The molecule has 5 heteroatoms. The van der Waals surface area contributed by atoms with E-state index in [9.17, 15) is 4.79 Å². The summed E-state index contributed by atoms with van der Waals surface area (Å²) in [5, 5.41) is 6.46. The van der Waals surface area contributed by atoms with Crippen molar-refractivity contribution >= 4 is 23.3 Å². The van der Waals surface area contributed by atoms with Crippen LogP contribution in [0.1, 0.15) is 50.4 Å². The van der Waals surface area contributed by atoms with Crippen LogP contribution in [0, 0.1) is 0 Å². The van der Waals surface area contributed by atoms with Crippen LogP contribution in [-0.4, -0.2) is 23.5 Å². The maximum atomic E-state index is 12.0. The molecule has 1 aromatic heterocycles. The molecule has 0 fully saturated rings. The minimum absolute atomic E-state index is 0.124. The summed E-state index contributed by atoms with van der Waals surface area (Å²) in [7, 11) is 0. The quantitative estimate of drug-likeness (QED) is 0.805. The van der Waals surface area contributed by atoms with Crippen LogP contribution < -0.4 is 10.6 Å². The van der Waals surface area contributed by atoms with E-state index in [2.05, 4.69) is 22.5 Å². The number of carbonyl (C=O) groups excluding carboxylic acids is 1. The largest absolute Gasteiger partial charge is 0.369 e. The van der Waals surface area contributed by atoms with E-state index in [4.69, 9.17) is 11.6 Å². The van der Waals surface area contributed by atoms with Crippen molar-refractivity contribution in [1.82, 2.24) is 10.3 Å². The molecule has 106 valence electrons. The van der Waals surface area contributed by atoms with Crippen LogP contribution in [0.15, 0.2) is 12.3 Å². The smallest absolute Gasteiger partial charge is 0.253 e. The van der Waals surface area contributed by atoms with E-state index in [1.54, 1.807) is 12.3 Å². The van der Waals surface area contributed by atoms with Gasteiger partial charge in [-0.2, -0.15) is 0 Å². The van der Waals surface area contributed by atoms with Gasteiger partial charge in [0.15, 0.2) is 0 Å². The molecule has 19 heavy (non-hydrogen) atoms. The van der Waals surface area contributed by atoms with Gasteiger partial charge in [-0.15, -0.1) is 0 Å². The molecule has 1 amide bonds. The molecule has 0 aromatic carbocycles. The molecule has 0 bridgehead atoms. The molecule has 0 aliphatic carbocycles. The molecule has 1 heterocycles. The molecule has 1 aromatic rings. The average Bonchev–Trinajstić information content (AvgIpc) is 2.38. The predicted octanol–water partition coefficient (Wildman–Crippen LogP) is 3.48. The Bertz CT molecular complexity index is 423. The molecular formula is C14H22ClN3O. The van der Waals surface area contributed by atoms with Crippen LogP contribution in [0.25, 0.3) is 0 Å². The molecule has 0 aliphatic heterocycles. The monoisotopic (exact) mass is 283 g/mol. The van der Waals surface area contributed by atoms with Crippen molar-refractivity contribution in [2.24, 2.45) is 0 Å². The Kier molecular flexibility index (Phi) is 6.64. The fourth-order valence-electron chi connectivity index (χ4n) is 1.75. The molecule has 1 rings (SSSR count). The number of pyridine rings is 1. The average molecular weight is 284 g/mol. The summed E-state index contributed by atoms with van der Waals surface area (Å²) >= 11 is 6.07. The number of nitrogens with zero attached hydrogens (tertiary/aromatic N) is 1. The number of amides is 1. The lowest BCUT2D eigenvalue weighted by molar-refractivity contribution is 0.0937. The summed E-state index contributed by atoms with van der Waals surface area (Å²) in [6.07, 6.45) is 4.77. The molecule has 0 aliphatic rings. The first kappa shape index (κ1) is 15.8. The van der Waals surface area contributed by atoms with E-state index >= 15 is 0 Å². The highest BCUT2D eigenvalue weighted by molar-refractivity contribution is 6.33. The number of anilines is 1. The molecule has 0 saturated carbocycles. The minimum Gasteiger partial charge on any atom is -0.369 e. The van der Waals surface area contributed by atoms with Crippen LogP contribution in [0.3, 0.4) is 0 Å². The zero-order valence-electron chi connectivity index (χ0n) is 11.8. The van der Waals surface area contributed by atoms with Gasteiger partial charge >= 0.3 is 0 Å². The maximum absolute atomic E-state index is 12.0. The third kappa shape index (κ3) is 5.07. The van der Waals surface area contributed by atoms with Crippen LogP contribution in [0.2, 0.25) is 5.02 Å². The van der Waals surface area contributed by atoms with Crippen LogP contribution in [0.5, 0.6) is 0 Å². The Morgan fingerprint density at radius 3 is 2.79 bits per heavy atom. The number of carbonyl (C=O) groups is 1. The fourth-order valence-corrected chi connectivity index (χ4v) is 1.98. The Morgan fingerprint density at radius 2 is 2.21 bits per heavy atom. The highest BCUT2D eigenvalue weighted by Gasteiger charge is 2.12. The zero-order chi connectivity index (χ0) is 14.3. The molecule has 0 spiro atoms. The van der Waals surface area contributed by atoms with Gasteiger partial charge < -0.3 is 10.6 Å². The standard InChI is InChI=1S/C14H22ClN3O/c1-4-6-7-10(3)18-14(19)11-8-12(15)13(16-5-2)17-9-11/h8-10H,4-7H2,1-3H3,(H,16,17)(H,18,19). The lowest BCUT2D eigenvalue weighted by Gasteiger charge is -2.13. The SMILES string of the molecule is CCCCC(C)NC(=O)c1cnc(NCC)c(Cl)c1. The number of aromatic nitrogens is 1. The molecule has 2 N–H and O–H groups in total. The van der Waals surface area contributed by atoms with E-state index < -0.39 is 0 Å². The second-order valence-electron chi connectivity index (χ2n) is 4.60. The van der Waals surface area contributed by atoms with Gasteiger partial charge in [0.05, 0.1) is 10.6 Å². The molecular weight excluding hydrogens is 262 g/mol. The number of rotatable bonds is 7.